The van der Waals surface area contributed by atoms with Gasteiger partial charge in [0.05, 0.1) is 16.5 Å². The number of nitrogens with one attached hydrogen (secondary N) is 1. The molecule has 1 amide bonds. The van der Waals surface area contributed by atoms with Gasteiger partial charge in [-0.1, -0.05) is 23.2 Å². The van der Waals surface area contributed by atoms with E-state index in [9.17, 15) is 9.59 Å². The lowest BCUT2D eigenvalue weighted by atomic mass is 10.4. The Morgan fingerprint density at radius 2 is 2.10 bits per heavy atom. The molecule has 114 valence electrons. The van der Waals surface area contributed by atoms with E-state index in [2.05, 4.69) is 10.3 Å². The molecule has 1 aliphatic carbocycles. The molecule has 0 aromatic carbocycles. The van der Waals surface area contributed by atoms with Crippen molar-refractivity contribution in [2.75, 3.05) is 16.8 Å². The average Bonchev–Trinajstić information content (AvgIpc) is 3.18. The summed E-state index contributed by atoms with van der Waals surface area (Å²) in [5.41, 5.74) is 0. The number of carboxylic acids is 1. The molecule has 0 bridgehead atoms. The van der Waals surface area contributed by atoms with E-state index in [0.717, 1.165) is 24.6 Å². The first-order chi connectivity index (χ1) is 9.95. The molecule has 1 aliphatic rings. The summed E-state index contributed by atoms with van der Waals surface area (Å²) in [6.07, 6.45) is 2.02. The second-order valence-corrected chi connectivity index (χ2v) is 6.16. The number of halogens is 2. The molecule has 1 aromatic rings. The lowest BCUT2D eigenvalue weighted by molar-refractivity contribution is -0.133. The highest BCUT2D eigenvalue weighted by Crippen LogP contribution is 2.34. The highest BCUT2D eigenvalue weighted by Gasteiger charge is 2.26. The van der Waals surface area contributed by atoms with Crippen molar-refractivity contribution in [2.24, 2.45) is 0 Å². The number of anilines is 1. The number of thioether (sulfide) groups is 1. The number of hydrogen-bond acceptors (Lipinski definition) is 5. The zero-order valence-corrected chi connectivity index (χ0v) is 13.1. The van der Waals surface area contributed by atoms with E-state index in [-0.39, 0.29) is 39.4 Å². The fraction of sp³-hybridized carbons (Fsp3) is 0.417. The Morgan fingerprint density at radius 1 is 1.38 bits per heavy atom. The van der Waals surface area contributed by atoms with Crippen molar-refractivity contribution >= 4 is 52.7 Å². The summed E-state index contributed by atoms with van der Waals surface area (Å²) in [7, 11) is 0. The van der Waals surface area contributed by atoms with Crippen LogP contribution in [0.4, 0.5) is 5.82 Å². The summed E-state index contributed by atoms with van der Waals surface area (Å²) < 4.78 is 5.51. The van der Waals surface area contributed by atoms with Gasteiger partial charge in [-0.3, -0.25) is 9.59 Å². The zero-order valence-electron chi connectivity index (χ0n) is 10.8. The van der Waals surface area contributed by atoms with Crippen LogP contribution in [0.2, 0.25) is 10.0 Å². The minimum absolute atomic E-state index is 0.00818. The standard InChI is InChI=1S/C12H12Cl2N2O4S/c13-7-3-8(14)12(20-6-1-2-6)16-11(7)15-9(17)4-21-5-10(18)19/h3,6H,1-2,4-5H2,(H,18,19)(H,15,16,17). The Labute approximate surface area is 135 Å². The number of nitrogens with zero attached hydrogens (tertiary/aromatic N) is 1. The van der Waals surface area contributed by atoms with Crippen molar-refractivity contribution in [1.82, 2.24) is 4.98 Å². The molecule has 1 saturated carbocycles. The van der Waals surface area contributed by atoms with Crippen LogP contribution in [0.1, 0.15) is 12.8 Å². The molecule has 0 spiro atoms. The number of rotatable bonds is 7. The summed E-state index contributed by atoms with van der Waals surface area (Å²) in [6, 6.07) is 1.45. The van der Waals surface area contributed by atoms with Gasteiger partial charge in [-0.25, -0.2) is 0 Å². The third-order valence-corrected chi connectivity index (χ3v) is 3.89. The molecule has 0 radical (unpaired) electrons. The Balaban J connectivity index is 1.97. The van der Waals surface area contributed by atoms with E-state index in [1.165, 1.54) is 6.07 Å². The van der Waals surface area contributed by atoms with Gasteiger partial charge in [-0.05, 0) is 18.9 Å². The molecular weight excluding hydrogens is 339 g/mol. The molecule has 9 heteroatoms. The van der Waals surface area contributed by atoms with Gasteiger partial charge in [-0.15, -0.1) is 11.8 Å². The maximum atomic E-state index is 11.7. The first-order valence-corrected chi connectivity index (χ1v) is 7.99. The first-order valence-electron chi connectivity index (χ1n) is 6.08. The third kappa shape index (κ3) is 5.26. The fourth-order valence-corrected chi connectivity index (χ4v) is 2.35. The smallest absolute Gasteiger partial charge is 0.313 e. The summed E-state index contributed by atoms with van der Waals surface area (Å²) in [4.78, 5) is 26.1. The molecule has 21 heavy (non-hydrogen) atoms. The van der Waals surface area contributed by atoms with E-state index >= 15 is 0 Å². The van der Waals surface area contributed by atoms with Crippen LogP contribution in [0.5, 0.6) is 5.88 Å². The van der Waals surface area contributed by atoms with Crippen LogP contribution >= 0.6 is 35.0 Å². The number of amides is 1. The van der Waals surface area contributed by atoms with Gasteiger partial charge in [0.15, 0.2) is 5.82 Å². The molecule has 0 saturated heterocycles. The molecule has 1 aromatic heterocycles. The molecular formula is C12H12Cl2N2O4S. The molecule has 0 aliphatic heterocycles. The summed E-state index contributed by atoms with van der Waals surface area (Å²) >= 11 is 12.9. The molecule has 0 unspecified atom stereocenters. The number of ether oxygens (including phenoxy) is 1. The lowest BCUT2D eigenvalue weighted by Gasteiger charge is -2.10. The second kappa shape index (κ2) is 7.20. The highest BCUT2D eigenvalue weighted by atomic mass is 35.5. The SMILES string of the molecule is O=C(O)CSCC(=O)Nc1nc(OC2CC2)c(Cl)cc1Cl. The predicted octanol–water partition coefficient (Wildman–Crippen LogP) is 2.69. The summed E-state index contributed by atoms with van der Waals surface area (Å²) in [6.45, 7) is 0. The maximum Gasteiger partial charge on any atom is 0.313 e. The normalized spacial score (nSPS) is 13.8. The van der Waals surface area contributed by atoms with Gasteiger partial charge >= 0.3 is 5.97 Å². The largest absolute Gasteiger partial charge is 0.481 e. The van der Waals surface area contributed by atoms with Crippen LogP contribution in [0.25, 0.3) is 0 Å². The van der Waals surface area contributed by atoms with E-state index < -0.39 is 11.9 Å². The van der Waals surface area contributed by atoms with E-state index in [4.69, 9.17) is 33.0 Å². The highest BCUT2D eigenvalue weighted by molar-refractivity contribution is 8.00. The monoisotopic (exact) mass is 350 g/mol. The lowest BCUT2D eigenvalue weighted by Crippen LogP contribution is -2.17. The maximum absolute atomic E-state index is 11.7. The topological polar surface area (TPSA) is 88.5 Å². The van der Waals surface area contributed by atoms with Crippen molar-refractivity contribution in [2.45, 2.75) is 18.9 Å². The minimum Gasteiger partial charge on any atom is -0.481 e. The average molecular weight is 351 g/mol. The van der Waals surface area contributed by atoms with E-state index in [0.29, 0.717) is 0 Å². The van der Waals surface area contributed by atoms with Crippen molar-refractivity contribution in [3.63, 3.8) is 0 Å². The van der Waals surface area contributed by atoms with Gasteiger partial charge in [0.1, 0.15) is 11.1 Å². The van der Waals surface area contributed by atoms with Crippen LogP contribution in [0.15, 0.2) is 6.07 Å². The Kier molecular flexibility index (Phi) is 5.55. The van der Waals surface area contributed by atoms with Crippen LogP contribution in [-0.4, -0.2) is 39.6 Å². The number of carbonyl (C=O) groups is 2. The van der Waals surface area contributed by atoms with Gasteiger partial charge in [0, 0.05) is 0 Å². The molecule has 1 fully saturated rings. The summed E-state index contributed by atoms with van der Waals surface area (Å²) in [5, 5.41) is 11.5. The number of hydrogen-bond donors (Lipinski definition) is 2. The molecule has 0 atom stereocenters. The van der Waals surface area contributed by atoms with Crippen LogP contribution in [0.3, 0.4) is 0 Å². The Hall–Kier alpha value is -1.18. The van der Waals surface area contributed by atoms with Crippen molar-refractivity contribution < 1.29 is 19.4 Å². The number of pyridine rings is 1. The molecule has 2 rings (SSSR count). The Bertz CT molecular complexity index is 566. The predicted molar refractivity (Wildman–Crippen MR) is 81.5 cm³/mol. The molecule has 1 heterocycles. The van der Waals surface area contributed by atoms with Gasteiger partial charge in [-0.2, -0.15) is 4.98 Å². The van der Waals surface area contributed by atoms with Crippen LogP contribution in [-0.2, 0) is 9.59 Å². The van der Waals surface area contributed by atoms with Gasteiger partial charge < -0.3 is 15.2 Å². The van der Waals surface area contributed by atoms with Crippen molar-refractivity contribution in [1.29, 1.82) is 0 Å². The van der Waals surface area contributed by atoms with E-state index in [1.807, 2.05) is 0 Å². The quantitative estimate of drug-likeness (QED) is 0.785. The van der Waals surface area contributed by atoms with Crippen LogP contribution in [0, 0.1) is 0 Å². The van der Waals surface area contributed by atoms with Crippen molar-refractivity contribution in [3.05, 3.63) is 16.1 Å². The van der Waals surface area contributed by atoms with E-state index in [1.54, 1.807) is 0 Å². The van der Waals surface area contributed by atoms with Gasteiger partial charge in [0.2, 0.25) is 11.8 Å². The van der Waals surface area contributed by atoms with Crippen molar-refractivity contribution in [3.8, 4) is 5.88 Å². The first kappa shape index (κ1) is 16.2. The third-order valence-electron chi connectivity index (χ3n) is 2.42. The van der Waals surface area contributed by atoms with Gasteiger partial charge in [0.25, 0.3) is 0 Å². The number of aliphatic carboxylic acids is 1. The van der Waals surface area contributed by atoms with Crippen LogP contribution < -0.4 is 10.1 Å². The number of carboxylic acid groups (broad SMARTS) is 1. The fourth-order valence-electron chi connectivity index (χ4n) is 1.36. The number of carbonyl (C=O) groups excluding carboxylic acids is 1. The molecule has 2 N–H and O–H groups in total. The minimum atomic E-state index is -0.976. The zero-order chi connectivity index (χ0) is 15.4. The second-order valence-electron chi connectivity index (χ2n) is 4.36. The summed E-state index contributed by atoms with van der Waals surface area (Å²) in [5.74, 6) is -1.14. The Morgan fingerprint density at radius 3 is 2.71 bits per heavy atom. The molecule has 6 nitrogen and oxygen atoms in total. The number of aromatic nitrogens is 1.